The van der Waals surface area contributed by atoms with Gasteiger partial charge in [0.25, 0.3) is 0 Å². The molecule has 0 atom stereocenters. The van der Waals surface area contributed by atoms with Gasteiger partial charge in [-0.15, -0.1) is 0 Å². The van der Waals surface area contributed by atoms with Gasteiger partial charge in [0, 0.05) is 31.9 Å². The second-order valence-corrected chi connectivity index (χ2v) is 5.41. The topological polar surface area (TPSA) is 41.1 Å². The van der Waals surface area contributed by atoms with Gasteiger partial charge in [0.1, 0.15) is 0 Å². The maximum absolute atomic E-state index is 13.8. The highest BCUT2D eigenvalue weighted by Crippen LogP contribution is 2.30. The van der Waals surface area contributed by atoms with Crippen LogP contribution >= 0.6 is 0 Å². The summed E-state index contributed by atoms with van der Waals surface area (Å²) in [5, 5.41) is 2.78. The smallest absolute Gasteiger partial charge is 0.186 e. The summed E-state index contributed by atoms with van der Waals surface area (Å²) in [6.45, 7) is 2.75. The monoisotopic (exact) mass is 286 g/mol. The van der Waals surface area contributed by atoms with Crippen molar-refractivity contribution in [3.8, 4) is 11.4 Å². The van der Waals surface area contributed by atoms with Crippen molar-refractivity contribution >= 4 is 11.5 Å². The average Bonchev–Trinajstić information content (AvgIpc) is 2.50. The molecule has 3 rings (SSSR count). The minimum atomic E-state index is -0.390. The molecule has 2 heterocycles. The van der Waals surface area contributed by atoms with Gasteiger partial charge in [-0.2, -0.15) is 0 Å². The van der Waals surface area contributed by atoms with Crippen molar-refractivity contribution in [3.63, 3.8) is 0 Å². The molecule has 1 N–H and O–H groups in total. The van der Waals surface area contributed by atoms with E-state index in [1.165, 1.54) is 11.3 Å². The Morgan fingerprint density at radius 3 is 2.86 bits per heavy atom. The highest BCUT2D eigenvalue weighted by Gasteiger charge is 2.16. The van der Waals surface area contributed by atoms with Gasteiger partial charge in [-0.05, 0) is 43.5 Å². The van der Waals surface area contributed by atoms with Crippen molar-refractivity contribution in [2.24, 2.45) is 0 Å². The van der Waals surface area contributed by atoms with Gasteiger partial charge in [-0.25, -0.2) is 14.4 Å². The van der Waals surface area contributed by atoms with Crippen LogP contribution in [0.15, 0.2) is 18.2 Å². The molecule has 5 heteroatoms. The number of fused-ring (bicyclic) bond motifs is 1. The minimum absolute atomic E-state index is 0.243. The summed E-state index contributed by atoms with van der Waals surface area (Å²) in [6, 6.07) is 6.23. The molecule has 0 unspecified atom stereocenters. The van der Waals surface area contributed by atoms with E-state index in [0.717, 1.165) is 24.9 Å². The lowest BCUT2D eigenvalue weighted by Crippen LogP contribution is -2.24. The molecular weight excluding hydrogens is 267 g/mol. The summed E-state index contributed by atoms with van der Waals surface area (Å²) in [5.74, 6) is 0.417. The molecule has 21 heavy (non-hydrogen) atoms. The normalized spacial score (nSPS) is 14.0. The fraction of sp³-hybridized carbons (Fsp3) is 0.375. The van der Waals surface area contributed by atoms with E-state index in [1.807, 2.05) is 6.07 Å². The Morgan fingerprint density at radius 2 is 2.10 bits per heavy atom. The van der Waals surface area contributed by atoms with E-state index in [2.05, 4.69) is 39.4 Å². The second-order valence-electron chi connectivity index (χ2n) is 5.41. The van der Waals surface area contributed by atoms with Crippen LogP contribution < -0.4 is 10.2 Å². The number of aryl methyl sites for hydroxylation is 2. The third-order valence-electron chi connectivity index (χ3n) is 3.94. The molecule has 1 aliphatic heterocycles. The van der Waals surface area contributed by atoms with Crippen molar-refractivity contribution in [3.05, 3.63) is 35.3 Å². The van der Waals surface area contributed by atoms with Gasteiger partial charge in [0.05, 0.1) is 5.69 Å². The number of rotatable bonds is 2. The second kappa shape index (κ2) is 5.31. The van der Waals surface area contributed by atoms with Crippen molar-refractivity contribution in [1.29, 1.82) is 0 Å². The van der Waals surface area contributed by atoms with Crippen LogP contribution in [-0.4, -0.2) is 30.6 Å². The number of aromatic nitrogens is 2. The molecule has 0 saturated carbocycles. The quantitative estimate of drug-likeness (QED) is 0.921. The van der Waals surface area contributed by atoms with Crippen LogP contribution in [0, 0.1) is 12.7 Å². The summed E-state index contributed by atoms with van der Waals surface area (Å²) < 4.78 is 13.8. The van der Waals surface area contributed by atoms with Crippen molar-refractivity contribution in [1.82, 2.24) is 9.97 Å². The Hall–Kier alpha value is -2.17. The zero-order valence-corrected chi connectivity index (χ0v) is 12.6. The molecule has 0 spiro atoms. The molecule has 2 aromatic rings. The zero-order chi connectivity index (χ0) is 15.0. The van der Waals surface area contributed by atoms with E-state index in [-0.39, 0.29) is 11.6 Å². The lowest BCUT2D eigenvalue weighted by Gasteiger charge is -2.27. The van der Waals surface area contributed by atoms with Crippen LogP contribution in [0.1, 0.15) is 17.7 Å². The predicted molar refractivity (Wildman–Crippen MR) is 83.3 cm³/mol. The number of anilines is 2. The highest BCUT2D eigenvalue weighted by atomic mass is 19.1. The lowest BCUT2D eigenvalue weighted by atomic mass is 9.99. The number of nitrogens with zero attached hydrogens (tertiary/aromatic N) is 3. The average molecular weight is 286 g/mol. The van der Waals surface area contributed by atoms with Gasteiger partial charge in [-0.1, -0.05) is 0 Å². The Labute approximate surface area is 124 Å². The third-order valence-corrected chi connectivity index (χ3v) is 3.94. The number of halogens is 1. The first-order chi connectivity index (χ1) is 10.1. The van der Waals surface area contributed by atoms with Gasteiger partial charge in [-0.3, -0.25) is 0 Å². The lowest BCUT2D eigenvalue weighted by molar-refractivity contribution is 0.607. The highest BCUT2D eigenvalue weighted by molar-refractivity contribution is 5.66. The van der Waals surface area contributed by atoms with E-state index >= 15 is 0 Å². The maximum atomic E-state index is 13.8. The van der Waals surface area contributed by atoms with E-state index in [0.29, 0.717) is 11.5 Å². The Morgan fingerprint density at radius 1 is 1.29 bits per heavy atom. The van der Waals surface area contributed by atoms with Gasteiger partial charge in [0.2, 0.25) is 0 Å². The van der Waals surface area contributed by atoms with Crippen LogP contribution in [0.25, 0.3) is 11.4 Å². The van der Waals surface area contributed by atoms with Crippen LogP contribution in [0.3, 0.4) is 0 Å². The first kappa shape index (κ1) is 13.8. The molecule has 110 valence electrons. The number of hydrogen-bond acceptors (Lipinski definition) is 4. The number of nitrogens with one attached hydrogen (secondary N) is 1. The van der Waals surface area contributed by atoms with Crippen LogP contribution in [0.4, 0.5) is 15.9 Å². The molecule has 1 aromatic carbocycles. The molecule has 4 nitrogen and oxygen atoms in total. The molecular formula is C16H19FN4. The van der Waals surface area contributed by atoms with Gasteiger partial charge < -0.3 is 10.2 Å². The van der Waals surface area contributed by atoms with Gasteiger partial charge >= 0.3 is 0 Å². The molecule has 1 aliphatic rings. The van der Waals surface area contributed by atoms with Crippen molar-refractivity contribution in [2.45, 2.75) is 19.8 Å². The summed E-state index contributed by atoms with van der Waals surface area (Å²) in [7, 11) is 3.77. The summed E-state index contributed by atoms with van der Waals surface area (Å²) in [5.41, 5.74) is 3.86. The number of benzene rings is 1. The van der Waals surface area contributed by atoms with E-state index in [1.54, 1.807) is 14.0 Å². The van der Waals surface area contributed by atoms with E-state index < -0.39 is 0 Å². The fourth-order valence-corrected chi connectivity index (χ4v) is 2.78. The Kier molecular flexibility index (Phi) is 3.49. The van der Waals surface area contributed by atoms with Crippen molar-refractivity contribution in [2.75, 3.05) is 30.9 Å². The molecule has 0 saturated heterocycles. The van der Waals surface area contributed by atoms with Crippen LogP contribution in [0.2, 0.25) is 0 Å². The van der Waals surface area contributed by atoms with Crippen LogP contribution in [0.5, 0.6) is 0 Å². The predicted octanol–water partition coefficient (Wildman–Crippen LogP) is 3.02. The fourth-order valence-electron chi connectivity index (χ4n) is 2.78. The summed E-state index contributed by atoms with van der Waals surface area (Å²) in [4.78, 5) is 10.8. The third kappa shape index (κ3) is 2.44. The molecule has 0 amide bonds. The molecule has 0 bridgehead atoms. The van der Waals surface area contributed by atoms with E-state index in [4.69, 9.17) is 0 Å². The SMILES string of the molecule is CNc1nc(-c2ccc3c(c2)CCCN3C)nc(C)c1F. The van der Waals surface area contributed by atoms with Crippen molar-refractivity contribution < 1.29 is 4.39 Å². The first-order valence-corrected chi connectivity index (χ1v) is 7.16. The maximum Gasteiger partial charge on any atom is 0.186 e. The van der Waals surface area contributed by atoms with Crippen LogP contribution in [-0.2, 0) is 6.42 Å². The molecule has 0 fully saturated rings. The van der Waals surface area contributed by atoms with Gasteiger partial charge in [0.15, 0.2) is 17.5 Å². The summed E-state index contributed by atoms with van der Waals surface area (Å²) >= 11 is 0. The van der Waals surface area contributed by atoms with E-state index in [9.17, 15) is 4.39 Å². The summed E-state index contributed by atoms with van der Waals surface area (Å²) in [6.07, 6.45) is 2.21. The standard InChI is InChI=1S/C16H19FN4/c1-10-14(17)16(18-2)20-15(19-10)12-6-7-13-11(9-12)5-4-8-21(13)3/h6-7,9H,4-5,8H2,1-3H3,(H,18,19,20). The Bertz CT molecular complexity index is 684. The zero-order valence-electron chi connectivity index (χ0n) is 12.6. The molecule has 0 aliphatic carbocycles. The first-order valence-electron chi connectivity index (χ1n) is 7.16. The number of hydrogen-bond donors (Lipinski definition) is 1. The molecule has 0 radical (unpaired) electrons. The Balaban J connectivity index is 2.07. The largest absolute Gasteiger partial charge is 0.374 e. The molecule has 1 aromatic heterocycles. The minimum Gasteiger partial charge on any atom is -0.374 e.